The molecule has 2 N–H and O–H groups in total. The molecule has 20 heavy (non-hydrogen) atoms. The van der Waals surface area contributed by atoms with Crippen LogP contribution in [-0.4, -0.2) is 42.5 Å². The number of hydrogen-bond acceptors (Lipinski definition) is 4. The van der Waals surface area contributed by atoms with E-state index in [-0.39, 0.29) is 24.4 Å². The Kier molecular flexibility index (Phi) is 6.30. The predicted octanol–water partition coefficient (Wildman–Crippen LogP) is 2.93. The monoisotopic (exact) mass is 336 g/mol. The predicted molar refractivity (Wildman–Crippen MR) is 87.5 cm³/mol. The van der Waals surface area contributed by atoms with E-state index in [0.29, 0.717) is 22.0 Å². The van der Waals surface area contributed by atoms with Crippen LogP contribution in [0.3, 0.4) is 0 Å². The number of carbonyl (C=O) groups excluding carboxylic acids is 1. The van der Waals surface area contributed by atoms with E-state index in [1.165, 1.54) is 7.11 Å². The van der Waals surface area contributed by atoms with Gasteiger partial charge < -0.3 is 15.4 Å². The maximum Gasteiger partial charge on any atom is 0.257 e. The van der Waals surface area contributed by atoms with Gasteiger partial charge in [-0.25, -0.2) is 0 Å². The molecule has 1 saturated heterocycles. The number of amides is 1. The number of carbonyl (C=O) groups is 1. The molecule has 1 fully saturated rings. The first kappa shape index (κ1) is 17.3. The van der Waals surface area contributed by atoms with E-state index in [1.807, 2.05) is 18.8 Å². The van der Waals surface area contributed by atoms with Gasteiger partial charge in [-0.3, -0.25) is 4.79 Å². The van der Waals surface area contributed by atoms with Crippen LogP contribution in [-0.2, 0) is 0 Å². The summed E-state index contributed by atoms with van der Waals surface area (Å²) in [5.74, 6) is 2.46. The van der Waals surface area contributed by atoms with Crippen LogP contribution in [0.5, 0.6) is 5.75 Å². The first-order chi connectivity index (χ1) is 9.04. The van der Waals surface area contributed by atoms with Crippen LogP contribution < -0.4 is 10.5 Å². The van der Waals surface area contributed by atoms with Crippen molar-refractivity contribution in [1.29, 1.82) is 0 Å². The van der Waals surface area contributed by atoms with Crippen molar-refractivity contribution >= 4 is 47.4 Å². The summed E-state index contributed by atoms with van der Waals surface area (Å²) in [4.78, 5) is 14.3. The number of rotatable bonds is 3. The van der Waals surface area contributed by atoms with Gasteiger partial charge in [-0.05, 0) is 18.2 Å². The third-order valence-corrected chi connectivity index (χ3v) is 4.80. The van der Waals surface area contributed by atoms with Crippen LogP contribution in [0.15, 0.2) is 12.1 Å². The normalized spacial score (nSPS) is 17.4. The number of benzene rings is 1. The van der Waals surface area contributed by atoms with E-state index in [9.17, 15) is 4.79 Å². The average Bonchev–Trinajstić information content (AvgIpc) is 2.93. The molecule has 1 amide bonds. The summed E-state index contributed by atoms with van der Waals surface area (Å²) in [5.41, 5.74) is 6.59. The fraction of sp³-hybridized carbons (Fsp3) is 0.462. The Labute approximate surface area is 134 Å². The van der Waals surface area contributed by atoms with Gasteiger partial charge >= 0.3 is 0 Å². The summed E-state index contributed by atoms with van der Waals surface area (Å²) in [6.45, 7) is 0. The molecule has 1 unspecified atom stereocenters. The van der Waals surface area contributed by atoms with Crippen molar-refractivity contribution < 1.29 is 9.53 Å². The fourth-order valence-electron chi connectivity index (χ4n) is 2.09. The molecule has 0 aromatic heterocycles. The molecule has 4 nitrogen and oxygen atoms in total. The molecule has 1 aliphatic rings. The van der Waals surface area contributed by atoms with Gasteiger partial charge in [0.05, 0.1) is 23.4 Å². The van der Waals surface area contributed by atoms with E-state index in [4.69, 9.17) is 22.1 Å². The third kappa shape index (κ3) is 3.45. The second-order valence-corrected chi connectivity index (χ2v) is 6.06. The van der Waals surface area contributed by atoms with E-state index >= 15 is 0 Å². The summed E-state index contributed by atoms with van der Waals surface area (Å²) in [6, 6.07) is 3.45. The Morgan fingerprint density at radius 3 is 2.80 bits per heavy atom. The molecule has 0 radical (unpaired) electrons. The molecule has 1 atom stereocenters. The summed E-state index contributed by atoms with van der Waals surface area (Å²) < 4.78 is 5.22. The second kappa shape index (κ2) is 7.29. The molecule has 0 saturated carbocycles. The first-order valence-electron chi connectivity index (χ1n) is 6.02. The molecule has 2 rings (SSSR count). The highest BCUT2D eigenvalue weighted by molar-refractivity contribution is 7.99. The zero-order valence-corrected chi connectivity index (χ0v) is 13.8. The Morgan fingerprint density at radius 1 is 1.55 bits per heavy atom. The van der Waals surface area contributed by atoms with Crippen molar-refractivity contribution in [3.05, 3.63) is 22.7 Å². The Balaban J connectivity index is 0.00000200. The van der Waals surface area contributed by atoms with Crippen molar-refractivity contribution in [1.82, 2.24) is 4.90 Å². The fourth-order valence-corrected chi connectivity index (χ4v) is 3.52. The standard InChI is InChI=1S/C13H17ClN2O2S.ClH/c1-16(8-3-4-19-7-8)13(17)9-5-10(14)11(15)6-12(9)18-2;/h5-6,8H,3-4,7,15H2,1-2H3;1H. The van der Waals surface area contributed by atoms with Crippen LogP contribution >= 0.6 is 35.8 Å². The molecular weight excluding hydrogens is 319 g/mol. The van der Waals surface area contributed by atoms with Crippen LogP contribution in [0.1, 0.15) is 16.8 Å². The first-order valence-corrected chi connectivity index (χ1v) is 7.55. The molecular formula is C13H18Cl2N2O2S. The van der Waals surface area contributed by atoms with Gasteiger partial charge in [0.25, 0.3) is 5.91 Å². The molecule has 1 aromatic carbocycles. The summed E-state index contributed by atoms with van der Waals surface area (Å²) >= 11 is 7.86. The van der Waals surface area contributed by atoms with E-state index < -0.39 is 0 Å². The second-order valence-electron chi connectivity index (χ2n) is 4.51. The minimum atomic E-state index is -0.0775. The van der Waals surface area contributed by atoms with Gasteiger partial charge in [0.2, 0.25) is 0 Å². The van der Waals surface area contributed by atoms with Gasteiger partial charge in [-0.2, -0.15) is 11.8 Å². The van der Waals surface area contributed by atoms with Crippen LogP contribution in [0.25, 0.3) is 0 Å². The summed E-state index contributed by atoms with van der Waals surface area (Å²) in [5, 5.41) is 0.373. The lowest BCUT2D eigenvalue weighted by Crippen LogP contribution is -2.37. The number of anilines is 1. The zero-order chi connectivity index (χ0) is 14.0. The topological polar surface area (TPSA) is 55.6 Å². The Hall–Kier alpha value is -0.780. The maximum absolute atomic E-state index is 12.5. The van der Waals surface area contributed by atoms with Gasteiger partial charge in [0.15, 0.2) is 0 Å². The molecule has 1 aromatic rings. The van der Waals surface area contributed by atoms with E-state index in [1.54, 1.807) is 17.0 Å². The average molecular weight is 337 g/mol. The van der Waals surface area contributed by atoms with Crippen molar-refractivity contribution in [3.63, 3.8) is 0 Å². The highest BCUT2D eigenvalue weighted by atomic mass is 35.5. The SMILES string of the molecule is COc1cc(N)c(Cl)cc1C(=O)N(C)C1CCSC1.Cl. The van der Waals surface area contributed by atoms with Gasteiger partial charge in [0.1, 0.15) is 5.75 Å². The lowest BCUT2D eigenvalue weighted by atomic mass is 10.1. The number of methoxy groups -OCH3 is 1. The molecule has 112 valence electrons. The molecule has 1 heterocycles. The molecule has 7 heteroatoms. The summed E-state index contributed by atoms with van der Waals surface area (Å²) in [7, 11) is 3.34. The number of thioether (sulfide) groups is 1. The number of ether oxygens (including phenoxy) is 1. The lowest BCUT2D eigenvalue weighted by Gasteiger charge is -2.24. The highest BCUT2D eigenvalue weighted by Gasteiger charge is 2.26. The van der Waals surface area contributed by atoms with Crippen LogP contribution in [0.4, 0.5) is 5.69 Å². The van der Waals surface area contributed by atoms with Crippen LogP contribution in [0.2, 0.25) is 5.02 Å². The Morgan fingerprint density at radius 2 is 2.25 bits per heavy atom. The molecule has 0 spiro atoms. The largest absolute Gasteiger partial charge is 0.496 e. The van der Waals surface area contributed by atoms with Crippen molar-refractivity contribution in [2.45, 2.75) is 12.5 Å². The number of nitrogens with two attached hydrogens (primary N) is 1. The van der Waals surface area contributed by atoms with E-state index in [0.717, 1.165) is 17.9 Å². The van der Waals surface area contributed by atoms with Gasteiger partial charge in [-0.15, -0.1) is 12.4 Å². The minimum Gasteiger partial charge on any atom is -0.496 e. The smallest absolute Gasteiger partial charge is 0.257 e. The number of nitrogens with zero attached hydrogens (tertiary/aromatic N) is 1. The van der Waals surface area contributed by atoms with Crippen molar-refractivity contribution in [2.24, 2.45) is 0 Å². The summed E-state index contributed by atoms with van der Waals surface area (Å²) in [6.07, 6.45) is 1.03. The molecule has 1 aliphatic heterocycles. The molecule has 0 aliphatic carbocycles. The van der Waals surface area contributed by atoms with E-state index in [2.05, 4.69) is 0 Å². The number of halogens is 2. The third-order valence-electron chi connectivity index (χ3n) is 3.32. The maximum atomic E-state index is 12.5. The number of nitrogen functional groups attached to an aromatic ring is 1. The highest BCUT2D eigenvalue weighted by Crippen LogP contribution is 2.31. The Bertz CT molecular complexity index is 494. The van der Waals surface area contributed by atoms with Crippen molar-refractivity contribution in [2.75, 3.05) is 31.4 Å². The lowest BCUT2D eigenvalue weighted by molar-refractivity contribution is 0.0744. The van der Waals surface area contributed by atoms with Gasteiger partial charge in [0, 0.05) is 24.9 Å². The minimum absolute atomic E-state index is 0. The van der Waals surface area contributed by atoms with Crippen molar-refractivity contribution in [3.8, 4) is 5.75 Å². The quantitative estimate of drug-likeness (QED) is 0.862. The zero-order valence-electron chi connectivity index (χ0n) is 11.4. The number of hydrogen-bond donors (Lipinski definition) is 1. The molecule has 0 bridgehead atoms. The van der Waals surface area contributed by atoms with Gasteiger partial charge in [-0.1, -0.05) is 11.6 Å². The van der Waals surface area contributed by atoms with Crippen LogP contribution in [0, 0.1) is 0 Å².